The fourth-order valence-corrected chi connectivity index (χ4v) is 2.31. The second kappa shape index (κ2) is 8.39. The number of aryl methyl sites for hydroxylation is 1. The van der Waals surface area contributed by atoms with E-state index in [0.717, 1.165) is 11.3 Å². The SMILES string of the molecule is Cc1cccc(OCCNC(=O)c2ccccc2OC(C)C)c1C. The predicted molar refractivity (Wildman–Crippen MR) is 96.0 cm³/mol. The minimum Gasteiger partial charge on any atom is -0.491 e. The van der Waals surface area contributed by atoms with Crippen LogP contribution in [-0.2, 0) is 0 Å². The van der Waals surface area contributed by atoms with Gasteiger partial charge in [-0.05, 0) is 57.0 Å². The van der Waals surface area contributed by atoms with Gasteiger partial charge >= 0.3 is 0 Å². The van der Waals surface area contributed by atoms with Crippen molar-refractivity contribution < 1.29 is 14.3 Å². The summed E-state index contributed by atoms with van der Waals surface area (Å²) in [5.74, 6) is 1.30. The van der Waals surface area contributed by atoms with E-state index in [-0.39, 0.29) is 12.0 Å². The van der Waals surface area contributed by atoms with Crippen molar-refractivity contribution in [1.29, 1.82) is 0 Å². The highest BCUT2D eigenvalue weighted by atomic mass is 16.5. The van der Waals surface area contributed by atoms with Gasteiger partial charge < -0.3 is 14.8 Å². The molecule has 0 bridgehead atoms. The van der Waals surface area contributed by atoms with Gasteiger partial charge in [0.05, 0.1) is 18.2 Å². The monoisotopic (exact) mass is 327 g/mol. The number of hydrogen-bond acceptors (Lipinski definition) is 3. The highest BCUT2D eigenvalue weighted by molar-refractivity contribution is 5.96. The summed E-state index contributed by atoms with van der Waals surface area (Å²) in [7, 11) is 0. The van der Waals surface area contributed by atoms with Gasteiger partial charge in [0.2, 0.25) is 0 Å². The molecule has 128 valence electrons. The van der Waals surface area contributed by atoms with Crippen LogP contribution in [0.2, 0.25) is 0 Å². The predicted octanol–water partition coefficient (Wildman–Crippen LogP) is 3.90. The fraction of sp³-hybridized carbons (Fsp3) is 0.350. The molecule has 24 heavy (non-hydrogen) atoms. The van der Waals surface area contributed by atoms with E-state index >= 15 is 0 Å². The van der Waals surface area contributed by atoms with Crippen LogP contribution in [0.3, 0.4) is 0 Å². The molecule has 0 aliphatic carbocycles. The molecule has 0 radical (unpaired) electrons. The largest absolute Gasteiger partial charge is 0.491 e. The molecule has 0 unspecified atom stereocenters. The van der Waals surface area contributed by atoms with Crippen molar-refractivity contribution in [2.24, 2.45) is 0 Å². The lowest BCUT2D eigenvalue weighted by atomic mass is 10.1. The molecule has 0 aromatic heterocycles. The molecule has 2 aromatic rings. The second-order valence-electron chi connectivity index (χ2n) is 5.97. The zero-order valence-corrected chi connectivity index (χ0v) is 14.8. The van der Waals surface area contributed by atoms with Crippen LogP contribution in [0.15, 0.2) is 42.5 Å². The van der Waals surface area contributed by atoms with Crippen molar-refractivity contribution in [2.75, 3.05) is 13.2 Å². The molecular formula is C20H25NO3. The first-order valence-electron chi connectivity index (χ1n) is 8.22. The van der Waals surface area contributed by atoms with Crippen LogP contribution >= 0.6 is 0 Å². The van der Waals surface area contributed by atoms with Crippen molar-refractivity contribution in [2.45, 2.75) is 33.8 Å². The third-order valence-corrected chi connectivity index (χ3v) is 3.69. The Morgan fingerprint density at radius 3 is 2.50 bits per heavy atom. The zero-order valence-electron chi connectivity index (χ0n) is 14.8. The average molecular weight is 327 g/mol. The Morgan fingerprint density at radius 2 is 1.75 bits per heavy atom. The molecule has 0 aliphatic heterocycles. The van der Waals surface area contributed by atoms with E-state index in [4.69, 9.17) is 9.47 Å². The molecule has 2 rings (SSSR count). The van der Waals surface area contributed by atoms with Gasteiger partial charge in [0.15, 0.2) is 0 Å². The molecule has 0 aliphatic rings. The summed E-state index contributed by atoms with van der Waals surface area (Å²) in [5, 5.41) is 2.87. The maximum atomic E-state index is 12.3. The van der Waals surface area contributed by atoms with Gasteiger partial charge in [0.25, 0.3) is 5.91 Å². The number of rotatable bonds is 7. The van der Waals surface area contributed by atoms with E-state index < -0.39 is 0 Å². The summed E-state index contributed by atoms with van der Waals surface area (Å²) >= 11 is 0. The van der Waals surface area contributed by atoms with Crippen LogP contribution < -0.4 is 14.8 Å². The van der Waals surface area contributed by atoms with E-state index in [0.29, 0.717) is 24.5 Å². The van der Waals surface area contributed by atoms with Crippen LogP contribution in [0.4, 0.5) is 0 Å². The average Bonchev–Trinajstić information content (AvgIpc) is 2.55. The van der Waals surface area contributed by atoms with E-state index in [2.05, 4.69) is 18.3 Å². The number of carbonyl (C=O) groups excluding carboxylic acids is 1. The third-order valence-electron chi connectivity index (χ3n) is 3.69. The van der Waals surface area contributed by atoms with Crippen LogP contribution in [0.1, 0.15) is 35.3 Å². The van der Waals surface area contributed by atoms with Crippen LogP contribution in [0, 0.1) is 13.8 Å². The van der Waals surface area contributed by atoms with E-state index in [9.17, 15) is 4.79 Å². The van der Waals surface area contributed by atoms with Gasteiger partial charge in [-0.25, -0.2) is 0 Å². The lowest BCUT2D eigenvalue weighted by Gasteiger charge is -2.14. The van der Waals surface area contributed by atoms with E-state index in [1.807, 2.05) is 51.1 Å². The maximum Gasteiger partial charge on any atom is 0.255 e. The fourth-order valence-electron chi connectivity index (χ4n) is 2.31. The van der Waals surface area contributed by atoms with Gasteiger partial charge in [0, 0.05) is 0 Å². The summed E-state index contributed by atoms with van der Waals surface area (Å²) in [4.78, 5) is 12.3. The lowest BCUT2D eigenvalue weighted by Crippen LogP contribution is -2.28. The molecule has 4 heteroatoms. The summed E-state index contributed by atoms with van der Waals surface area (Å²) in [6.45, 7) is 8.81. The molecule has 0 atom stereocenters. The third kappa shape index (κ3) is 4.75. The smallest absolute Gasteiger partial charge is 0.255 e. The number of hydrogen-bond donors (Lipinski definition) is 1. The van der Waals surface area contributed by atoms with E-state index in [1.165, 1.54) is 5.56 Å². The van der Waals surface area contributed by atoms with Gasteiger partial charge in [-0.2, -0.15) is 0 Å². The molecule has 0 spiro atoms. The quantitative estimate of drug-likeness (QED) is 0.785. The molecule has 0 fully saturated rings. The second-order valence-corrected chi connectivity index (χ2v) is 5.97. The highest BCUT2D eigenvalue weighted by Crippen LogP contribution is 2.21. The Hall–Kier alpha value is -2.49. The van der Waals surface area contributed by atoms with Crippen LogP contribution in [0.5, 0.6) is 11.5 Å². The first-order chi connectivity index (χ1) is 11.5. The Morgan fingerprint density at radius 1 is 1.04 bits per heavy atom. The molecule has 0 heterocycles. The Balaban J connectivity index is 1.89. The van der Waals surface area contributed by atoms with Crippen molar-refractivity contribution in [1.82, 2.24) is 5.32 Å². The van der Waals surface area contributed by atoms with E-state index in [1.54, 1.807) is 6.07 Å². The minimum absolute atomic E-state index is 0.0200. The van der Waals surface area contributed by atoms with Gasteiger partial charge in [-0.1, -0.05) is 24.3 Å². The van der Waals surface area contributed by atoms with Crippen molar-refractivity contribution >= 4 is 5.91 Å². The normalized spacial score (nSPS) is 10.5. The van der Waals surface area contributed by atoms with Crippen molar-refractivity contribution in [3.63, 3.8) is 0 Å². The first kappa shape index (κ1) is 17.9. The summed E-state index contributed by atoms with van der Waals surface area (Å²) < 4.78 is 11.4. The van der Waals surface area contributed by atoms with Gasteiger partial charge in [-0.15, -0.1) is 0 Å². The van der Waals surface area contributed by atoms with Crippen LogP contribution in [0.25, 0.3) is 0 Å². The number of benzene rings is 2. The molecule has 0 saturated carbocycles. The molecule has 4 nitrogen and oxygen atoms in total. The molecule has 0 saturated heterocycles. The molecule has 2 aromatic carbocycles. The lowest BCUT2D eigenvalue weighted by molar-refractivity contribution is 0.0941. The summed E-state index contributed by atoms with van der Waals surface area (Å²) in [5.41, 5.74) is 2.86. The Labute approximate surface area is 143 Å². The van der Waals surface area contributed by atoms with Crippen molar-refractivity contribution in [3.8, 4) is 11.5 Å². The number of amides is 1. The standard InChI is InChI=1S/C20H25NO3/c1-14(2)24-19-10-6-5-9-17(19)20(22)21-12-13-23-18-11-7-8-15(3)16(18)4/h5-11,14H,12-13H2,1-4H3,(H,21,22). The molecule has 1 N–H and O–H groups in total. The summed E-state index contributed by atoms with van der Waals surface area (Å²) in [6.07, 6.45) is 0.0200. The number of ether oxygens (including phenoxy) is 2. The topological polar surface area (TPSA) is 47.6 Å². The Kier molecular flexibility index (Phi) is 6.24. The number of para-hydroxylation sites is 1. The summed E-state index contributed by atoms with van der Waals surface area (Å²) in [6, 6.07) is 13.2. The molecule has 1 amide bonds. The minimum atomic E-state index is -0.157. The highest BCUT2D eigenvalue weighted by Gasteiger charge is 2.12. The van der Waals surface area contributed by atoms with Crippen molar-refractivity contribution in [3.05, 3.63) is 59.2 Å². The molecular weight excluding hydrogens is 302 g/mol. The zero-order chi connectivity index (χ0) is 17.5. The maximum absolute atomic E-state index is 12.3. The van der Waals surface area contributed by atoms with Gasteiger partial charge in [-0.3, -0.25) is 4.79 Å². The first-order valence-corrected chi connectivity index (χ1v) is 8.22. The number of carbonyl (C=O) groups is 1. The van der Waals surface area contributed by atoms with Gasteiger partial charge in [0.1, 0.15) is 18.1 Å². The Bertz CT molecular complexity index is 695. The van der Waals surface area contributed by atoms with Crippen LogP contribution in [-0.4, -0.2) is 25.2 Å². The number of nitrogens with one attached hydrogen (secondary N) is 1.